The lowest BCUT2D eigenvalue weighted by molar-refractivity contribution is -0.142. The van der Waals surface area contributed by atoms with E-state index in [1.807, 2.05) is 30.3 Å². The number of aryl methyl sites for hydroxylation is 1. The van der Waals surface area contributed by atoms with Gasteiger partial charge in [0.15, 0.2) is 6.61 Å². The molecule has 0 spiro atoms. The van der Waals surface area contributed by atoms with Crippen LogP contribution in [0, 0.1) is 6.92 Å². The van der Waals surface area contributed by atoms with E-state index in [0.29, 0.717) is 29.0 Å². The number of nitrogens with zero attached hydrogens (tertiary/aromatic N) is 2. The molecule has 0 unspecified atom stereocenters. The maximum Gasteiger partial charge on any atom is 0.416 e. The summed E-state index contributed by atoms with van der Waals surface area (Å²) < 4.78 is 44.9. The Labute approximate surface area is 202 Å². The minimum absolute atomic E-state index is 0.0924. The molecule has 0 bridgehead atoms. The number of esters is 1. The van der Waals surface area contributed by atoms with Crippen LogP contribution < -0.4 is 5.32 Å². The Morgan fingerprint density at radius 1 is 1.15 bits per heavy atom. The molecule has 6 nitrogen and oxygen atoms in total. The van der Waals surface area contributed by atoms with E-state index in [2.05, 4.69) is 10.4 Å². The summed E-state index contributed by atoms with van der Waals surface area (Å²) >= 11 is 12.2. The first-order valence-electron chi connectivity index (χ1n) is 9.83. The Hall–Kier alpha value is -3.30. The van der Waals surface area contributed by atoms with E-state index in [1.54, 1.807) is 11.6 Å². The predicted octanol–water partition coefficient (Wildman–Crippen LogP) is 5.76. The molecule has 34 heavy (non-hydrogen) atoms. The summed E-state index contributed by atoms with van der Waals surface area (Å²) in [6.45, 7) is 1.44. The van der Waals surface area contributed by atoms with Gasteiger partial charge in [-0.3, -0.25) is 4.79 Å². The second-order valence-corrected chi connectivity index (χ2v) is 7.88. The Kier molecular flexibility index (Phi) is 8.01. The predicted molar refractivity (Wildman–Crippen MR) is 123 cm³/mol. The third-order valence-electron chi connectivity index (χ3n) is 4.58. The second kappa shape index (κ2) is 10.8. The molecule has 1 aromatic heterocycles. The van der Waals surface area contributed by atoms with Crippen molar-refractivity contribution < 1.29 is 27.5 Å². The zero-order valence-electron chi connectivity index (χ0n) is 17.7. The van der Waals surface area contributed by atoms with Crippen molar-refractivity contribution in [1.82, 2.24) is 9.78 Å². The Bertz CT molecular complexity index is 1230. The fourth-order valence-corrected chi connectivity index (χ4v) is 3.40. The van der Waals surface area contributed by atoms with Gasteiger partial charge >= 0.3 is 12.1 Å². The highest BCUT2D eigenvalue weighted by Gasteiger charge is 2.31. The minimum atomic E-state index is -4.60. The van der Waals surface area contributed by atoms with Gasteiger partial charge in [-0.05, 0) is 36.8 Å². The van der Waals surface area contributed by atoms with Crippen LogP contribution in [0.2, 0.25) is 10.2 Å². The molecule has 0 radical (unpaired) electrons. The van der Waals surface area contributed by atoms with Gasteiger partial charge in [0.1, 0.15) is 5.15 Å². The first-order valence-corrected chi connectivity index (χ1v) is 10.6. The number of alkyl halides is 3. The number of ether oxygens (including phenoxy) is 1. The molecule has 3 rings (SSSR count). The van der Waals surface area contributed by atoms with Crippen LogP contribution in [0.5, 0.6) is 0 Å². The number of amides is 1. The molecule has 0 aliphatic heterocycles. The van der Waals surface area contributed by atoms with Crippen molar-refractivity contribution in [3.8, 4) is 0 Å². The third kappa shape index (κ3) is 6.61. The number of anilines is 1. The van der Waals surface area contributed by atoms with Gasteiger partial charge in [0, 0.05) is 11.6 Å². The first-order chi connectivity index (χ1) is 16.0. The van der Waals surface area contributed by atoms with Crippen molar-refractivity contribution in [3.05, 3.63) is 87.2 Å². The highest BCUT2D eigenvalue weighted by atomic mass is 35.5. The standard InChI is InChI=1S/C23H18Cl2F3N3O3/c1-14-17(22(25)31(30-14)12-15-5-3-2-4-6-15)8-10-21(33)34-13-20(32)29-19-11-16(23(26,27)28)7-9-18(19)24/h2-11H,12-13H2,1H3,(H,29,32). The van der Waals surface area contributed by atoms with Gasteiger partial charge in [0.25, 0.3) is 5.91 Å². The lowest BCUT2D eigenvalue weighted by Gasteiger charge is -2.11. The van der Waals surface area contributed by atoms with Crippen LogP contribution in [0.3, 0.4) is 0 Å². The van der Waals surface area contributed by atoms with Crippen molar-refractivity contribution in [3.63, 3.8) is 0 Å². The van der Waals surface area contributed by atoms with Crippen molar-refractivity contribution in [2.45, 2.75) is 19.6 Å². The zero-order valence-corrected chi connectivity index (χ0v) is 19.2. The zero-order chi connectivity index (χ0) is 24.9. The fraction of sp³-hybridized carbons (Fsp3) is 0.174. The molecule has 0 saturated heterocycles. The van der Waals surface area contributed by atoms with E-state index in [4.69, 9.17) is 27.9 Å². The van der Waals surface area contributed by atoms with Gasteiger partial charge < -0.3 is 10.1 Å². The van der Waals surface area contributed by atoms with Crippen molar-refractivity contribution in [2.75, 3.05) is 11.9 Å². The number of hydrogen-bond donors (Lipinski definition) is 1. The van der Waals surface area contributed by atoms with E-state index < -0.39 is 30.2 Å². The average Bonchev–Trinajstić information content (AvgIpc) is 3.04. The van der Waals surface area contributed by atoms with Gasteiger partial charge in [-0.25, -0.2) is 9.48 Å². The van der Waals surface area contributed by atoms with E-state index in [-0.39, 0.29) is 10.7 Å². The summed E-state index contributed by atoms with van der Waals surface area (Å²) in [5.41, 5.74) is 0.860. The van der Waals surface area contributed by atoms with Crippen LogP contribution >= 0.6 is 23.2 Å². The number of nitrogens with one attached hydrogen (secondary N) is 1. The van der Waals surface area contributed by atoms with Gasteiger partial charge in [0.2, 0.25) is 0 Å². The minimum Gasteiger partial charge on any atom is -0.452 e. The molecule has 0 saturated carbocycles. The van der Waals surface area contributed by atoms with E-state index >= 15 is 0 Å². The Morgan fingerprint density at radius 2 is 1.85 bits per heavy atom. The molecule has 178 valence electrons. The molecule has 1 N–H and O–H groups in total. The fourth-order valence-electron chi connectivity index (χ4n) is 2.94. The summed E-state index contributed by atoms with van der Waals surface area (Å²) in [6.07, 6.45) is -2.11. The lowest BCUT2D eigenvalue weighted by Crippen LogP contribution is -2.20. The molecule has 11 heteroatoms. The molecular formula is C23H18Cl2F3N3O3. The number of carbonyl (C=O) groups excluding carboxylic acids is 2. The SMILES string of the molecule is Cc1nn(Cc2ccccc2)c(Cl)c1C=CC(=O)OCC(=O)Nc1cc(C(F)(F)F)ccc1Cl. The van der Waals surface area contributed by atoms with E-state index in [0.717, 1.165) is 23.8 Å². The highest BCUT2D eigenvalue weighted by molar-refractivity contribution is 6.33. The van der Waals surface area contributed by atoms with Gasteiger partial charge in [-0.15, -0.1) is 0 Å². The molecule has 1 amide bonds. The molecular weight excluding hydrogens is 494 g/mol. The number of carbonyl (C=O) groups is 2. The maximum atomic E-state index is 12.8. The highest BCUT2D eigenvalue weighted by Crippen LogP contribution is 2.33. The Balaban J connectivity index is 1.58. The lowest BCUT2D eigenvalue weighted by atomic mass is 10.2. The van der Waals surface area contributed by atoms with Crippen molar-refractivity contribution >= 4 is 46.8 Å². The number of rotatable bonds is 7. The third-order valence-corrected chi connectivity index (χ3v) is 5.31. The molecule has 0 atom stereocenters. The number of aromatic nitrogens is 2. The summed E-state index contributed by atoms with van der Waals surface area (Å²) in [5.74, 6) is -1.70. The van der Waals surface area contributed by atoms with Crippen LogP contribution in [0.25, 0.3) is 6.08 Å². The molecule has 0 aliphatic carbocycles. The molecule has 0 aliphatic rings. The summed E-state index contributed by atoms with van der Waals surface area (Å²) in [5, 5.41) is 6.78. The van der Waals surface area contributed by atoms with Crippen LogP contribution in [-0.4, -0.2) is 28.3 Å². The monoisotopic (exact) mass is 511 g/mol. The largest absolute Gasteiger partial charge is 0.452 e. The van der Waals surface area contributed by atoms with Crippen LogP contribution in [0.1, 0.15) is 22.4 Å². The second-order valence-electron chi connectivity index (χ2n) is 7.11. The first kappa shape index (κ1) is 25.3. The normalized spacial score (nSPS) is 11.6. The average molecular weight is 512 g/mol. The number of hydrogen-bond acceptors (Lipinski definition) is 4. The molecule has 0 fully saturated rings. The van der Waals surface area contributed by atoms with Crippen LogP contribution in [0.15, 0.2) is 54.6 Å². The quantitative estimate of drug-likeness (QED) is 0.323. The number of halogens is 5. The maximum absolute atomic E-state index is 12.8. The molecule has 3 aromatic rings. The van der Waals surface area contributed by atoms with Gasteiger partial charge in [0.05, 0.1) is 28.5 Å². The topological polar surface area (TPSA) is 73.2 Å². The summed E-state index contributed by atoms with van der Waals surface area (Å²) in [7, 11) is 0. The molecule has 1 heterocycles. The Morgan fingerprint density at radius 3 is 2.53 bits per heavy atom. The van der Waals surface area contributed by atoms with Gasteiger partial charge in [-0.1, -0.05) is 53.5 Å². The van der Waals surface area contributed by atoms with E-state index in [9.17, 15) is 22.8 Å². The van der Waals surface area contributed by atoms with Crippen LogP contribution in [-0.2, 0) is 27.0 Å². The van der Waals surface area contributed by atoms with Crippen molar-refractivity contribution in [2.24, 2.45) is 0 Å². The van der Waals surface area contributed by atoms with Crippen molar-refractivity contribution in [1.29, 1.82) is 0 Å². The smallest absolute Gasteiger partial charge is 0.416 e. The summed E-state index contributed by atoms with van der Waals surface area (Å²) in [4.78, 5) is 24.0. The summed E-state index contributed by atoms with van der Waals surface area (Å²) in [6, 6.07) is 12.0. The molecule has 2 aromatic carbocycles. The number of benzene rings is 2. The van der Waals surface area contributed by atoms with Gasteiger partial charge in [-0.2, -0.15) is 18.3 Å². The van der Waals surface area contributed by atoms with Crippen LogP contribution in [0.4, 0.5) is 18.9 Å². The van der Waals surface area contributed by atoms with E-state index in [1.165, 1.54) is 6.08 Å².